The van der Waals surface area contributed by atoms with Gasteiger partial charge < -0.3 is 20.9 Å². The van der Waals surface area contributed by atoms with Crippen LogP contribution in [0.4, 0.5) is 0 Å². The van der Waals surface area contributed by atoms with Crippen molar-refractivity contribution in [1.29, 1.82) is 0 Å². The Labute approximate surface area is 162 Å². The summed E-state index contributed by atoms with van der Waals surface area (Å²) in [6.07, 6.45) is 2.95. The maximum absolute atomic E-state index is 11.9. The number of aryl methyl sites for hydroxylation is 1. The van der Waals surface area contributed by atoms with E-state index in [4.69, 9.17) is 0 Å². The van der Waals surface area contributed by atoms with Crippen molar-refractivity contribution in [2.75, 3.05) is 26.2 Å². The zero-order valence-corrected chi connectivity index (χ0v) is 17.2. The molecule has 0 aliphatic carbocycles. The zero-order chi connectivity index (χ0) is 19.9. The molecule has 1 aromatic heterocycles. The molecule has 0 atom stereocenters. The lowest BCUT2D eigenvalue weighted by molar-refractivity contribution is -0.128. The fraction of sp³-hybridized carbons (Fsp3) is 0.524. The van der Waals surface area contributed by atoms with Crippen LogP contribution in [0.3, 0.4) is 0 Å². The first-order chi connectivity index (χ1) is 12.8. The first-order valence-electron chi connectivity index (χ1n) is 9.68. The van der Waals surface area contributed by atoms with Crippen LogP contribution < -0.4 is 16.0 Å². The minimum Gasteiger partial charge on any atom is -0.361 e. The number of H-pyrrole nitrogens is 1. The number of rotatable bonds is 7. The van der Waals surface area contributed by atoms with Crippen LogP contribution in [0.25, 0.3) is 10.9 Å². The highest BCUT2D eigenvalue weighted by Gasteiger charge is 2.20. The lowest BCUT2D eigenvalue weighted by Crippen LogP contribution is -2.43. The van der Waals surface area contributed by atoms with Gasteiger partial charge in [-0.1, -0.05) is 32.9 Å². The largest absolute Gasteiger partial charge is 0.361 e. The molecule has 4 N–H and O–H groups in total. The van der Waals surface area contributed by atoms with Crippen LogP contribution in [-0.2, 0) is 11.2 Å². The van der Waals surface area contributed by atoms with Gasteiger partial charge in [-0.25, -0.2) is 0 Å². The molecule has 1 aromatic carbocycles. The fourth-order valence-electron chi connectivity index (χ4n) is 2.76. The van der Waals surface area contributed by atoms with E-state index in [1.807, 2.05) is 27.7 Å². The number of aromatic nitrogens is 1. The predicted octanol–water partition coefficient (Wildman–Crippen LogP) is 2.74. The van der Waals surface area contributed by atoms with Gasteiger partial charge in [0.2, 0.25) is 5.91 Å². The van der Waals surface area contributed by atoms with Crippen LogP contribution in [-0.4, -0.2) is 43.0 Å². The first kappa shape index (κ1) is 20.8. The third-order valence-electron chi connectivity index (χ3n) is 4.30. The van der Waals surface area contributed by atoms with E-state index >= 15 is 0 Å². The average molecular weight is 372 g/mol. The summed E-state index contributed by atoms with van der Waals surface area (Å²) in [5.74, 6) is 0.832. The molecule has 2 rings (SSSR count). The van der Waals surface area contributed by atoms with Gasteiger partial charge in [0.15, 0.2) is 5.96 Å². The summed E-state index contributed by atoms with van der Waals surface area (Å²) in [4.78, 5) is 19.9. The fourth-order valence-corrected chi connectivity index (χ4v) is 2.76. The van der Waals surface area contributed by atoms with E-state index in [0.29, 0.717) is 19.6 Å². The third kappa shape index (κ3) is 6.31. The second kappa shape index (κ2) is 9.44. The minimum absolute atomic E-state index is 0.0563. The quantitative estimate of drug-likeness (QED) is 0.343. The number of amides is 1. The molecule has 6 nitrogen and oxygen atoms in total. The van der Waals surface area contributed by atoms with E-state index in [1.165, 1.54) is 22.0 Å². The topological polar surface area (TPSA) is 81.3 Å². The molecule has 0 fully saturated rings. The minimum atomic E-state index is -0.365. The van der Waals surface area contributed by atoms with E-state index in [2.05, 4.69) is 57.2 Å². The van der Waals surface area contributed by atoms with Crippen molar-refractivity contribution in [1.82, 2.24) is 20.9 Å². The summed E-state index contributed by atoms with van der Waals surface area (Å²) in [5.41, 5.74) is 3.35. The standard InChI is InChI=1S/C21H33N5O/c1-6-22-20(25-12-11-23-19(27)21(3,4)5)24-10-9-16-14-26-18-13-15(2)7-8-17(16)18/h7-8,13-14,26H,6,9-12H2,1-5H3,(H,23,27)(H2,22,24,25). The van der Waals surface area contributed by atoms with Crippen molar-refractivity contribution >= 4 is 22.8 Å². The Morgan fingerprint density at radius 3 is 2.59 bits per heavy atom. The van der Waals surface area contributed by atoms with E-state index in [-0.39, 0.29) is 11.3 Å². The number of nitrogens with one attached hydrogen (secondary N) is 4. The van der Waals surface area contributed by atoms with Crippen LogP contribution in [0.5, 0.6) is 0 Å². The summed E-state index contributed by atoms with van der Waals surface area (Å²) in [6, 6.07) is 6.47. The number of aromatic amines is 1. The molecule has 2 aromatic rings. The number of hydrogen-bond donors (Lipinski definition) is 4. The Kier molecular flexibility index (Phi) is 7.28. The molecule has 27 heavy (non-hydrogen) atoms. The molecule has 0 saturated heterocycles. The Morgan fingerprint density at radius 2 is 1.89 bits per heavy atom. The Bertz CT molecular complexity index is 785. The van der Waals surface area contributed by atoms with Crippen molar-refractivity contribution in [2.24, 2.45) is 10.4 Å². The number of aliphatic imine (C=N–C) groups is 1. The first-order valence-corrected chi connectivity index (χ1v) is 9.68. The summed E-state index contributed by atoms with van der Waals surface area (Å²) < 4.78 is 0. The second-order valence-corrected chi connectivity index (χ2v) is 7.81. The van der Waals surface area contributed by atoms with Gasteiger partial charge in [0.25, 0.3) is 0 Å². The molecule has 0 radical (unpaired) electrons. The molecular weight excluding hydrogens is 338 g/mol. The summed E-state index contributed by atoms with van der Waals surface area (Å²) in [6.45, 7) is 12.6. The van der Waals surface area contributed by atoms with Crippen LogP contribution in [0, 0.1) is 12.3 Å². The summed E-state index contributed by atoms with van der Waals surface area (Å²) in [5, 5.41) is 10.7. The highest BCUT2D eigenvalue weighted by molar-refractivity contribution is 5.84. The number of nitrogens with zero attached hydrogens (tertiary/aromatic N) is 1. The second-order valence-electron chi connectivity index (χ2n) is 7.81. The van der Waals surface area contributed by atoms with E-state index in [0.717, 1.165) is 18.9 Å². The normalized spacial score (nSPS) is 12.3. The SMILES string of the molecule is CCNC(=NCCc1c[nH]c2cc(C)ccc12)NCCNC(=O)C(C)(C)C. The van der Waals surface area contributed by atoms with Crippen molar-refractivity contribution in [3.8, 4) is 0 Å². The van der Waals surface area contributed by atoms with Gasteiger partial charge in [-0.2, -0.15) is 0 Å². The maximum atomic E-state index is 11.9. The highest BCUT2D eigenvalue weighted by Crippen LogP contribution is 2.19. The highest BCUT2D eigenvalue weighted by atomic mass is 16.2. The lowest BCUT2D eigenvalue weighted by Gasteiger charge is -2.18. The number of hydrogen-bond acceptors (Lipinski definition) is 2. The van der Waals surface area contributed by atoms with Crippen molar-refractivity contribution < 1.29 is 4.79 Å². The molecule has 1 amide bonds. The Balaban J connectivity index is 1.84. The molecule has 1 heterocycles. The average Bonchev–Trinajstić information content (AvgIpc) is 2.99. The predicted molar refractivity (Wildman–Crippen MR) is 113 cm³/mol. The Morgan fingerprint density at radius 1 is 1.15 bits per heavy atom. The van der Waals surface area contributed by atoms with Gasteiger partial charge in [0.05, 0.1) is 0 Å². The molecule has 148 valence electrons. The van der Waals surface area contributed by atoms with Gasteiger partial charge in [0, 0.05) is 48.7 Å². The smallest absolute Gasteiger partial charge is 0.225 e. The van der Waals surface area contributed by atoms with Crippen LogP contribution in [0.2, 0.25) is 0 Å². The van der Waals surface area contributed by atoms with Crippen LogP contribution >= 0.6 is 0 Å². The molecule has 0 spiro atoms. The number of carbonyl (C=O) groups excluding carboxylic acids is 1. The third-order valence-corrected chi connectivity index (χ3v) is 4.30. The van der Waals surface area contributed by atoms with Crippen molar-refractivity contribution in [3.63, 3.8) is 0 Å². The molecular formula is C21H33N5O. The molecule has 0 unspecified atom stereocenters. The monoisotopic (exact) mass is 371 g/mol. The molecule has 6 heteroatoms. The summed E-state index contributed by atoms with van der Waals surface area (Å²) >= 11 is 0. The van der Waals surface area contributed by atoms with Crippen molar-refractivity contribution in [3.05, 3.63) is 35.5 Å². The Hall–Kier alpha value is -2.50. The molecule has 0 aliphatic rings. The molecule has 0 bridgehead atoms. The molecule has 0 saturated carbocycles. The van der Waals surface area contributed by atoms with Crippen molar-refractivity contribution in [2.45, 2.75) is 41.0 Å². The number of guanidine groups is 1. The molecule has 0 aliphatic heterocycles. The number of fused-ring (bicyclic) bond motifs is 1. The zero-order valence-electron chi connectivity index (χ0n) is 17.2. The van der Waals surface area contributed by atoms with Gasteiger partial charge in [-0.15, -0.1) is 0 Å². The lowest BCUT2D eigenvalue weighted by atomic mass is 9.96. The van der Waals surface area contributed by atoms with Gasteiger partial charge in [0.1, 0.15) is 0 Å². The van der Waals surface area contributed by atoms with Gasteiger partial charge >= 0.3 is 0 Å². The van der Waals surface area contributed by atoms with Gasteiger partial charge in [-0.3, -0.25) is 9.79 Å². The van der Waals surface area contributed by atoms with E-state index in [9.17, 15) is 4.79 Å². The maximum Gasteiger partial charge on any atom is 0.225 e. The number of carbonyl (C=O) groups is 1. The van der Waals surface area contributed by atoms with E-state index in [1.54, 1.807) is 0 Å². The van der Waals surface area contributed by atoms with Crippen LogP contribution in [0.15, 0.2) is 29.4 Å². The summed E-state index contributed by atoms with van der Waals surface area (Å²) in [7, 11) is 0. The van der Waals surface area contributed by atoms with Gasteiger partial charge in [-0.05, 0) is 37.5 Å². The van der Waals surface area contributed by atoms with Crippen LogP contribution in [0.1, 0.15) is 38.8 Å². The number of benzene rings is 1. The van der Waals surface area contributed by atoms with E-state index < -0.39 is 0 Å².